The van der Waals surface area contributed by atoms with Gasteiger partial charge in [-0.25, -0.2) is 4.98 Å². The van der Waals surface area contributed by atoms with Crippen LogP contribution in [0.3, 0.4) is 0 Å². The van der Waals surface area contributed by atoms with Gasteiger partial charge in [-0.15, -0.1) is 0 Å². The monoisotopic (exact) mass is 285 g/mol. The van der Waals surface area contributed by atoms with Crippen molar-refractivity contribution in [3.63, 3.8) is 0 Å². The molecule has 0 unspecified atom stereocenters. The zero-order valence-corrected chi connectivity index (χ0v) is 11.5. The number of pyridine rings is 1. The smallest absolute Gasteiger partial charge is 0.272 e. The van der Waals surface area contributed by atoms with E-state index in [0.29, 0.717) is 16.5 Å². The molecule has 3 rings (SSSR count). The number of fused-ring (bicyclic) bond motifs is 1. The summed E-state index contributed by atoms with van der Waals surface area (Å²) in [6, 6.07) is 12.9. The molecule has 0 aliphatic carbocycles. The first kappa shape index (κ1) is 12.7. The number of rotatable bonds is 2. The fourth-order valence-corrected chi connectivity index (χ4v) is 2.09. The highest BCUT2D eigenvalue weighted by Gasteiger charge is 2.10. The van der Waals surface area contributed by atoms with E-state index in [-0.39, 0.29) is 5.91 Å². The summed E-state index contributed by atoms with van der Waals surface area (Å²) in [7, 11) is 0. The number of anilines is 1. The van der Waals surface area contributed by atoms with Gasteiger partial charge in [0.2, 0.25) is 0 Å². The largest absolute Gasteiger partial charge is 0.335 e. The van der Waals surface area contributed by atoms with Gasteiger partial charge in [0, 0.05) is 11.1 Å². The van der Waals surface area contributed by atoms with E-state index >= 15 is 0 Å². The summed E-state index contributed by atoms with van der Waals surface area (Å²) in [6.07, 6.45) is 0. The summed E-state index contributed by atoms with van der Waals surface area (Å²) in [5.74, 6) is -0.206. The third-order valence-electron chi connectivity index (χ3n) is 3.00. The van der Waals surface area contributed by atoms with Gasteiger partial charge < -0.3 is 10.3 Å². The van der Waals surface area contributed by atoms with Crippen LogP contribution in [0.15, 0.2) is 42.5 Å². The maximum absolute atomic E-state index is 12.2. The number of nitrogens with one attached hydrogen (secondary N) is 2. The Balaban J connectivity index is 1.86. The first-order valence-electron chi connectivity index (χ1n) is 6.15. The minimum Gasteiger partial charge on any atom is -0.335 e. The molecule has 3 aromatic rings. The molecule has 0 aliphatic rings. The van der Waals surface area contributed by atoms with E-state index in [0.717, 1.165) is 16.6 Å². The Morgan fingerprint density at radius 2 is 1.95 bits per heavy atom. The molecule has 0 spiro atoms. The number of H-pyrrole nitrogens is 1. The minimum atomic E-state index is -0.206. The molecule has 0 bridgehead atoms. The molecule has 0 aliphatic heterocycles. The average Bonchev–Trinajstić information content (AvgIpc) is 2.84. The van der Waals surface area contributed by atoms with Crippen LogP contribution in [0.2, 0.25) is 5.15 Å². The van der Waals surface area contributed by atoms with Crippen molar-refractivity contribution in [1.82, 2.24) is 9.97 Å². The maximum Gasteiger partial charge on any atom is 0.272 e. The van der Waals surface area contributed by atoms with Crippen LogP contribution in [0.25, 0.3) is 11.0 Å². The van der Waals surface area contributed by atoms with Crippen molar-refractivity contribution in [3.8, 4) is 0 Å². The lowest BCUT2D eigenvalue weighted by Crippen LogP contribution is -2.12. The number of carbonyl (C=O) groups is 1. The number of nitrogens with zero attached hydrogens (tertiary/aromatic N) is 1. The molecule has 0 saturated carbocycles. The van der Waals surface area contributed by atoms with Crippen LogP contribution < -0.4 is 5.32 Å². The third-order valence-corrected chi connectivity index (χ3v) is 3.21. The quantitative estimate of drug-likeness (QED) is 0.704. The van der Waals surface area contributed by atoms with Gasteiger partial charge in [-0.05, 0) is 37.3 Å². The summed E-state index contributed by atoms with van der Waals surface area (Å²) in [4.78, 5) is 19.2. The molecule has 2 aromatic heterocycles. The topological polar surface area (TPSA) is 57.8 Å². The van der Waals surface area contributed by atoms with E-state index in [1.165, 1.54) is 0 Å². The van der Waals surface area contributed by atoms with Crippen molar-refractivity contribution in [2.75, 3.05) is 5.32 Å². The van der Waals surface area contributed by atoms with Gasteiger partial charge in [0.05, 0.1) is 0 Å². The Bertz CT molecular complexity index is 777. The fourth-order valence-electron chi connectivity index (χ4n) is 1.94. The Morgan fingerprint density at radius 1 is 1.20 bits per heavy atom. The standard InChI is InChI=1S/C15H12ClN3O/c1-9-2-5-11(6-3-9)17-15(20)12-8-10-4-7-13(16)19-14(10)18-12/h2-8H,1H3,(H,17,20)(H,18,19). The fraction of sp³-hybridized carbons (Fsp3) is 0.0667. The zero-order valence-electron chi connectivity index (χ0n) is 10.8. The number of carbonyl (C=O) groups excluding carboxylic acids is 1. The summed E-state index contributed by atoms with van der Waals surface area (Å²) in [6.45, 7) is 2.00. The highest BCUT2D eigenvalue weighted by atomic mass is 35.5. The lowest BCUT2D eigenvalue weighted by atomic mass is 10.2. The van der Waals surface area contributed by atoms with Crippen molar-refractivity contribution in [2.24, 2.45) is 0 Å². The van der Waals surface area contributed by atoms with Crippen molar-refractivity contribution < 1.29 is 4.79 Å². The molecule has 0 radical (unpaired) electrons. The molecule has 1 aromatic carbocycles. The van der Waals surface area contributed by atoms with Crippen LogP contribution in [-0.2, 0) is 0 Å². The molecule has 5 heteroatoms. The lowest BCUT2D eigenvalue weighted by Gasteiger charge is -2.03. The summed E-state index contributed by atoms with van der Waals surface area (Å²) >= 11 is 5.82. The molecule has 20 heavy (non-hydrogen) atoms. The number of hydrogen-bond donors (Lipinski definition) is 2. The average molecular weight is 286 g/mol. The zero-order chi connectivity index (χ0) is 14.1. The first-order valence-corrected chi connectivity index (χ1v) is 6.53. The van der Waals surface area contributed by atoms with Crippen LogP contribution in [0, 0.1) is 6.92 Å². The number of halogens is 1. The van der Waals surface area contributed by atoms with E-state index in [4.69, 9.17) is 11.6 Å². The maximum atomic E-state index is 12.2. The first-order chi connectivity index (χ1) is 9.61. The van der Waals surface area contributed by atoms with E-state index in [1.807, 2.05) is 37.3 Å². The van der Waals surface area contributed by atoms with Gasteiger partial charge in [0.1, 0.15) is 16.5 Å². The van der Waals surface area contributed by atoms with Gasteiger partial charge in [-0.3, -0.25) is 4.79 Å². The van der Waals surface area contributed by atoms with E-state index in [2.05, 4.69) is 15.3 Å². The number of aromatic nitrogens is 2. The predicted octanol–water partition coefficient (Wildman–Crippen LogP) is 3.78. The van der Waals surface area contributed by atoms with Crippen LogP contribution in [-0.4, -0.2) is 15.9 Å². The third kappa shape index (κ3) is 2.51. The van der Waals surface area contributed by atoms with Gasteiger partial charge >= 0.3 is 0 Å². The van der Waals surface area contributed by atoms with Crippen molar-refractivity contribution in [1.29, 1.82) is 0 Å². The van der Waals surface area contributed by atoms with Crippen molar-refractivity contribution >= 4 is 34.2 Å². The molecule has 0 fully saturated rings. The number of benzene rings is 1. The second-order valence-electron chi connectivity index (χ2n) is 4.57. The molecule has 4 nitrogen and oxygen atoms in total. The van der Waals surface area contributed by atoms with Crippen LogP contribution >= 0.6 is 11.6 Å². The SMILES string of the molecule is Cc1ccc(NC(=O)c2cc3ccc(Cl)nc3[nH]2)cc1. The number of amides is 1. The van der Waals surface area contributed by atoms with E-state index in [1.54, 1.807) is 12.1 Å². The number of aromatic amines is 1. The Morgan fingerprint density at radius 3 is 2.70 bits per heavy atom. The Labute approximate surface area is 120 Å². The number of hydrogen-bond acceptors (Lipinski definition) is 2. The van der Waals surface area contributed by atoms with E-state index in [9.17, 15) is 4.79 Å². The second kappa shape index (κ2) is 4.98. The number of aryl methyl sites for hydroxylation is 1. The predicted molar refractivity (Wildman–Crippen MR) is 80.2 cm³/mol. The molecular formula is C15H12ClN3O. The summed E-state index contributed by atoms with van der Waals surface area (Å²) in [5.41, 5.74) is 2.96. The molecule has 100 valence electrons. The molecule has 2 N–H and O–H groups in total. The molecule has 0 atom stereocenters. The van der Waals surface area contributed by atoms with Crippen molar-refractivity contribution in [2.45, 2.75) is 6.92 Å². The molecular weight excluding hydrogens is 274 g/mol. The van der Waals surface area contributed by atoms with Crippen molar-refractivity contribution in [3.05, 3.63) is 58.9 Å². The highest BCUT2D eigenvalue weighted by Crippen LogP contribution is 2.17. The Hall–Kier alpha value is -2.33. The molecule has 0 saturated heterocycles. The summed E-state index contributed by atoms with van der Waals surface area (Å²) < 4.78 is 0. The second-order valence-corrected chi connectivity index (χ2v) is 4.96. The normalized spacial score (nSPS) is 10.7. The Kier molecular flexibility index (Phi) is 3.16. The molecule has 1 amide bonds. The summed E-state index contributed by atoms with van der Waals surface area (Å²) in [5, 5.41) is 4.07. The van der Waals surface area contributed by atoms with E-state index < -0.39 is 0 Å². The van der Waals surface area contributed by atoms with Crippen LogP contribution in [0.4, 0.5) is 5.69 Å². The van der Waals surface area contributed by atoms with Gasteiger partial charge in [0.15, 0.2) is 0 Å². The molecule has 2 heterocycles. The van der Waals surface area contributed by atoms with Gasteiger partial charge in [-0.1, -0.05) is 29.3 Å². The van der Waals surface area contributed by atoms with Gasteiger partial charge in [-0.2, -0.15) is 0 Å². The lowest BCUT2D eigenvalue weighted by molar-refractivity contribution is 0.102. The minimum absolute atomic E-state index is 0.206. The van der Waals surface area contributed by atoms with Crippen LogP contribution in [0.1, 0.15) is 16.1 Å². The van der Waals surface area contributed by atoms with Crippen LogP contribution in [0.5, 0.6) is 0 Å². The van der Waals surface area contributed by atoms with Gasteiger partial charge in [0.25, 0.3) is 5.91 Å². The highest BCUT2D eigenvalue weighted by molar-refractivity contribution is 6.29.